The molecule has 8 heteroatoms. The third-order valence-corrected chi connectivity index (χ3v) is 6.08. The number of carbonyl (C=O) groups is 3. The second kappa shape index (κ2) is 10.3. The van der Waals surface area contributed by atoms with Crippen molar-refractivity contribution in [1.82, 2.24) is 10.3 Å². The van der Waals surface area contributed by atoms with E-state index in [0.717, 1.165) is 50.3 Å². The first-order chi connectivity index (χ1) is 15.6. The summed E-state index contributed by atoms with van der Waals surface area (Å²) < 4.78 is 0. The SMILES string of the molecule is O=C(NCC1CCN(c2ccccn2)CC1)C(=O)Nc1cccc(N2CCCCC2=O)c1. The summed E-state index contributed by atoms with van der Waals surface area (Å²) in [5.74, 6) is 0.0595. The van der Waals surface area contributed by atoms with E-state index in [-0.39, 0.29) is 5.91 Å². The number of hydrogen-bond donors (Lipinski definition) is 2. The van der Waals surface area contributed by atoms with Crippen LogP contribution in [-0.4, -0.2) is 48.9 Å². The zero-order chi connectivity index (χ0) is 22.3. The molecule has 3 amide bonds. The molecule has 32 heavy (non-hydrogen) atoms. The normalized spacial score (nSPS) is 17.2. The van der Waals surface area contributed by atoms with Gasteiger partial charge in [0, 0.05) is 50.2 Å². The summed E-state index contributed by atoms with van der Waals surface area (Å²) in [5, 5.41) is 5.41. The summed E-state index contributed by atoms with van der Waals surface area (Å²) in [4.78, 5) is 45.2. The van der Waals surface area contributed by atoms with E-state index in [1.807, 2.05) is 24.3 Å². The molecule has 0 unspecified atom stereocenters. The highest BCUT2D eigenvalue weighted by Gasteiger charge is 2.23. The van der Waals surface area contributed by atoms with Gasteiger partial charge in [-0.25, -0.2) is 4.98 Å². The first-order valence-electron chi connectivity index (χ1n) is 11.3. The van der Waals surface area contributed by atoms with Gasteiger partial charge < -0.3 is 20.4 Å². The van der Waals surface area contributed by atoms with E-state index in [1.54, 1.807) is 29.3 Å². The van der Waals surface area contributed by atoms with Gasteiger partial charge in [0.1, 0.15) is 5.82 Å². The van der Waals surface area contributed by atoms with Gasteiger partial charge in [-0.1, -0.05) is 12.1 Å². The minimum atomic E-state index is -0.696. The molecule has 1 aromatic heterocycles. The Labute approximate surface area is 188 Å². The van der Waals surface area contributed by atoms with Crippen molar-refractivity contribution in [2.24, 2.45) is 5.92 Å². The van der Waals surface area contributed by atoms with Crippen LogP contribution >= 0.6 is 0 Å². The van der Waals surface area contributed by atoms with Gasteiger partial charge >= 0.3 is 11.8 Å². The number of piperidine rings is 2. The third-order valence-electron chi connectivity index (χ3n) is 6.08. The van der Waals surface area contributed by atoms with Gasteiger partial charge in [-0.3, -0.25) is 14.4 Å². The van der Waals surface area contributed by atoms with Crippen molar-refractivity contribution < 1.29 is 14.4 Å². The molecule has 1 aromatic carbocycles. The second-order valence-electron chi connectivity index (χ2n) is 8.34. The largest absolute Gasteiger partial charge is 0.357 e. The van der Waals surface area contributed by atoms with E-state index in [9.17, 15) is 14.4 Å². The fourth-order valence-electron chi connectivity index (χ4n) is 4.24. The van der Waals surface area contributed by atoms with E-state index in [2.05, 4.69) is 20.5 Å². The Balaban J connectivity index is 1.24. The lowest BCUT2D eigenvalue weighted by Crippen LogP contribution is -2.42. The average molecular weight is 436 g/mol. The number of aromatic nitrogens is 1. The van der Waals surface area contributed by atoms with Crippen LogP contribution in [0.2, 0.25) is 0 Å². The number of amides is 3. The topological polar surface area (TPSA) is 94.6 Å². The summed E-state index contributed by atoms with van der Waals surface area (Å²) in [5.41, 5.74) is 1.25. The van der Waals surface area contributed by atoms with Crippen LogP contribution in [0.1, 0.15) is 32.1 Å². The summed E-state index contributed by atoms with van der Waals surface area (Å²) in [6.07, 6.45) is 6.08. The highest BCUT2D eigenvalue weighted by molar-refractivity contribution is 6.39. The first kappa shape index (κ1) is 21.8. The van der Waals surface area contributed by atoms with Crippen molar-refractivity contribution in [3.05, 3.63) is 48.7 Å². The van der Waals surface area contributed by atoms with Gasteiger partial charge in [-0.05, 0) is 61.9 Å². The second-order valence-corrected chi connectivity index (χ2v) is 8.34. The van der Waals surface area contributed by atoms with Gasteiger partial charge in [0.2, 0.25) is 5.91 Å². The Bertz CT molecular complexity index is 957. The molecule has 4 rings (SSSR count). The van der Waals surface area contributed by atoms with Crippen molar-refractivity contribution >= 4 is 34.9 Å². The number of hydrogen-bond acceptors (Lipinski definition) is 5. The van der Waals surface area contributed by atoms with E-state index < -0.39 is 11.8 Å². The maximum Gasteiger partial charge on any atom is 0.313 e. The Hall–Kier alpha value is -3.42. The number of rotatable bonds is 5. The Morgan fingerprint density at radius 2 is 1.84 bits per heavy atom. The van der Waals surface area contributed by atoms with Crippen LogP contribution in [0.3, 0.4) is 0 Å². The highest BCUT2D eigenvalue weighted by atomic mass is 16.2. The molecule has 0 aliphatic carbocycles. The molecule has 2 aliphatic rings. The van der Waals surface area contributed by atoms with Crippen molar-refractivity contribution in [2.45, 2.75) is 32.1 Å². The lowest BCUT2D eigenvalue weighted by Gasteiger charge is -2.32. The molecule has 2 fully saturated rings. The standard InChI is InChI=1S/C24H29N5O3/c30-22-9-2-4-13-29(22)20-7-5-6-19(16-20)27-24(32)23(31)26-17-18-10-14-28(15-11-18)21-8-1-3-12-25-21/h1,3,5-8,12,16,18H,2,4,9-11,13-15,17H2,(H,26,31)(H,27,32). The molecule has 0 atom stereocenters. The zero-order valence-electron chi connectivity index (χ0n) is 18.1. The summed E-state index contributed by atoms with van der Waals surface area (Å²) >= 11 is 0. The average Bonchev–Trinajstić information content (AvgIpc) is 2.84. The fraction of sp³-hybridized carbons (Fsp3) is 0.417. The summed E-state index contributed by atoms with van der Waals surface area (Å²) in [6.45, 7) is 2.91. The van der Waals surface area contributed by atoms with E-state index in [4.69, 9.17) is 0 Å². The maximum absolute atomic E-state index is 12.4. The molecule has 8 nitrogen and oxygen atoms in total. The van der Waals surface area contributed by atoms with Crippen LogP contribution in [0.4, 0.5) is 17.2 Å². The van der Waals surface area contributed by atoms with Gasteiger partial charge in [0.15, 0.2) is 0 Å². The van der Waals surface area contributed by atoms with Crippen LogP contribution in [-0.2, 0) is 14.4 Å². The Kier molecular flexibility index (Phi) is 6.99. The summed E-state index contributed by atoms with van der Waals surface area (Å²) in [6, 6.07) is 13.0. The van der Waals surface area contributed by atoms with Crippen LogP contribution in [0.5, 0.6) is 0 Å². The number of nitrogens with zero attached hydrogens (tertiary/aromatic N) is 3. The summed E-state index contributed by atoms with van der Waals surface area (Å²) in [7, 11) is 0. The van der Waals surface area contributed by atoms with Crippen LogP contribution in [0.15, 0.2) is 48.7 Å². The lowest BCUT2D eigenvalue weighted by molar-refractivity contribution is -0.136. The molecule has 2 N–H and O–H groups in total. The molecule has 2 aromatic rings. The molecular weight excluding hydrogens is 406 g/mol. The van der Waals surface area contributed by atoms with Crippen LogP contribution < -0.4 is 20.4 Å². The third kappa shape index (κ3) is 5.43. The molecule has 0 saturated carbocycles. The molecular formula is C24H29N5O3. The van der Waals surface area contributed by atoms with Crippen molar-refractivity contribution in [3.63, 3.8) is 0 Å². The van der Waals surface area contributed by atoms with Gasteiger partial charge in [-0.2, -0.15) is 0 Å². The number of benzene rings is 1. The zero-order valence-corrected chi connectivity index (χ0v) is 18.1. The number of nitrogens with one attached hydrogen (secondary N) is 2. The predicted octanol–water partition coefficient (Wildman–Crippen LogP) is 2.57. The van der Waals surface area contributed by atoms with Crippen molar-refractivity contribution in [1.29, 1.82) is 0 Å². The smallest absolute Gasteiger partial charge is 0.313 e. The quantitative estimate of drug-likeness (QED) is 0.704. The Morgan fingerprint density at radius 1 is 1.00 bits per heavy atom. The highest BCUT2D eigenvalue weighted by Crippen LogP contribution is 2.24. The number of carbonyl (C=O) groups excluding carboxylic acids is 3. The van der Waals surface area contributed by atoms with Crippen molar-refractivity contribution in [3.8, 4) is 0 Å². The number of anilines is 3. The van der Waals surface area contributed by atoms with E-state index in [0.29, 0.717) is 31.1 Å². The first-order valence-corrected chi connectivity index (χ1v) is 11.3. The minimum absolute atomic E-state index is 0.0894. The van der Waals surface area contributed by atoms with E-state index >= 15 is 0 Å². The fourth-order valence-corrected chi connectivity index (χ4v) is 4.24. The van der Waals surface area contributed by atoms with Gasteiger partial charge in [-0.15, -0.1) is 0 Å². The molecule has 2 aliphatic heterocycles. The van der Waals surface area contributed by atoms with Gasteiger partial charge in [0.25, 0.3) is 0 Å². The Morgan fingerprint density at radius 3 is 2.59 bits per heavy atom. The lowest BCUT2D eigenvalue weighted by atomic mass is 9.97. The van der Waals surface area contributed by atoms with Crippen LogP contribution in [0.25, 0.3) is 0 Å². The van der Waals surface area contributed by atoms with E-state index in [1.165, 1.54) is 0 Å². The molecule has 0 radical (unpaired) electrons. The monoisotopic (exact) mass is 435 g/mol. The molecule has 0 spiro atoms. The molecule has 168 valence electrons. The minimum Gasteiger partial charge on any atom is -0.357 e. The van der Waals surface area contributed by atoms with Gasteiger partial charge in [0.05, 0.1) is 0 Å². The maximum atomic E-state index is 12.4. The van der Waals surface area contributed by atoms with Crippen LogP contribution in [0, 0.1) is 5.92 Å². The molecule has 3 heterocycles. The van der Waals surface area contributed by atoms with Crippen molar-refractivity contribution in [2.75, 3.05) is 41.3 Å². The predicted molar refractivity (Wildman–Crippen MR) is 123 cm³/mol. The molecule has 0 bridgehead atoms. The molecule has 2 saturated heterocycles. The number of pyridine rings is 1.